The quantitative estimate of drug-likeness (QED) is 0.891. The van der Waals surface area contributed by atoms with Gasteiger partial charge in [0.2, 0.25) is 0 Å². The van der Waals surface area contributed by atoms with Crippen molar-refractivity contribution in [3.63, 3.8) is 0 Å². The first kappa shape index (κ1) is 13.3. The topological polar surface area (TPSA) is 64.9 Å². The average molecular weight is 291 g/mol. The van der Waals surface area contributed by atoms with Crippen LogP contribution in [0.2, 0.25) is 0 Å². The second-order valence-corrected chi connectivity index (χ2v) is 6.32. The van der Waals surface area contributed by atoms with Crippen LogP contribution in [0.5, 0.6) is 0 Å². The van der Waals surface area contributed by atoms with Crippen molar-refractivity contribution < 1.29 is 4.79 Å². The monoisotopic (exact) mass is 291 g/mol. The number of carbonyl (C=O) groups is 1. The van der Waals surface area contributed by atoms with E-state index in [-0.39, 0.29) is 11.9 Å². The number of nitrogens with zero attached hydrogens (tertiary/aromatic N) is 1. The van der Waals surface area contributed by atoms with E-state index in [4.69, 9.17) is 5.26 Å². The summed E-state index contributed by atoms with van der Waals surface area (Å²) in [7, 11) is 0. The van der Waals surface area contributed by atoms with Gasteiger partial charge < -0.3 is 10.6 Å². The van der Waals surface area contributed by atoms with E-state index in [0.717, 1.165) is 23.7 Å². The number of fused-ring (bicyclic) bond motifs is 3. The van der Waals surface area contributed by atoms with Gasteiger partial charge in [0, 0.05) is 17.6 Å². The normalized spacial score (nSPS) is 26.0. The smallest absolute Gasteiger partial charge is 0.251 e. The number of rotatable bonds is 2. The molecule has 2 N–H and O–H groups in total. The Balaban J connectivity index is 1.57. The van der Waals surface area contributed by atoms with Crippen molar-refractivity contribution in [1.82, 2.24) is 10.6 Å². The lowest BCUT2D eigenvalue weighted by Gasteiger charge is -2.24. The predicted molar refractivity (Wildman–Crippen MR) is 84.4 cm³/mol. The van der Waals surface area contributed by atoms with Gasteiger partial charge in [-0.25, -0.2) is 0 Å². The number of benzene rings is 2. The zero-order valence-corrected chi connectivity index (χ0v) is 12.2. The van der Waals surface area contributed by atoms with Gasteiger partial charge in [-0.2, -0.15) is 5.26 Å². The first-order valence-electron chi connectivity index (χ1n) is 7.71. The molecule has 2 fully saturated rings. The molecule has 1 aliphatic heterocycles. The van der Waals surface area contributed by atoms with Crippen LogP contribution in [0.15, 0.2) is 36.4 Å². The number of hydrogen-bond donors (Lipinski definition) is 2. The Morgan fingerprint density at radius 3 is 2.77 bits per heavy atom. The highest BCUT2D eigenvalue weighted by Gasteiger charge is 2.39. The minimum absolute atomic E-state index is 0.0244. The first-order valence-corrected chi connectivity index (χ1v) is 7.71. The second-order valence-electron chi connectivity index (χ2n) is 6.32. The molecule has 2 aliphatic rings. The van der Waals surface area contributed by atoms with Crippen molar-refractivity contribution in [2.24, 2.45) is 5.92 Å². The lowest BCUT2D eigenvalue weighted by Crippen LogP contribution is -2.47. The summed E-state index contributed by atoms with van der Waals surface area (Å²) >= 11 is 0. The molecule has 0 aromatic heterocycles. The van der Waals surface area contributed by atoms with Crippen molar-refractivity contribution in [3.05, 3.63) is 47.5 Å². The molecule has 1 saturated carbocycles. The van der Waals surface area contributed by atoms with Gasteiger partial charge in [0.15, 0.2) is 0 Å². The van der Waals surface area contributed by atoms with Crippen LogP contribution >= 0.6 is 0 Å². The molecule has 2 bridgehead atoms. The molecule has 22 heavy (non-hydrogen) atoms. The van der Waals surface area contributed by atoms with E-state index in [9.17, 15) is 4.79 Å². The highest BCUT2D eigenvalue weighted by atomic mass is 16.1. The van der Waals surface area contributed by atoms with E-state index in [1.165, 1.54) is 6.42 Å². The molecule has 3 unspecified atom stereocenters. The second kappa shape index (κ2) is 5.11. The Labute approximate surface area is 129 Å². The van der Waals surface area contributed by atoms with Crippen LogP contribution in [0.3, 0.4) is 0 Å². The van der Waals surface area contributed by atoms with Crippen molar-refractivity contribution in [1.29, 1.82) is 5.26 Å². The van der Waals surface area contributed by atoms with Crippen LogP contribution in [0.4, 0.5) is 0 Å². The summed E-state index contributed by atoms with van der Waals surface area (Å²) in [6.07, 6.45) is 2.25. The van der Waals surface area contributed by atoms with Crippen molar-refractivity contribution in [3.8, 4) is 6.07 Å². The summed E-state index contributed by atoms with van der Waals surface area (Å²) in [5.41, 5.74) is 1.27. The van der Waals surface area contributed by atoms with E-state index in [1.54, 1.807) is 6.07 Å². The fraction of sp³-hybridized carbons (Fsp3) is 0.333. The van der Waals surface area contributed by atoms with Gasteiger partial charge >= 0.3 is 0 Å². The highest BCUT2D eigenvalue weighted by Crippen LogP contribution is 2.31. The summed E-state index contributed by atoms with van der Waals surface area (Å²) in [5, 5.41) is 17.6. The summed E-state index contributed by atoms with van der Waals surface area (Å²) in [5.74, 6) is 0.689. The molecule has 110 valence electrons. The number of hydrogen-bond acceptors (Lipinski definition) is 3. The molecule has 1 saturated heterocycles. The molecule has 1 amide bonds. The Hall–Kier alpha value is -2.38. The zero-order chi connectivity index (χ0) is 15.1. The fourth-order valence-corrected chi connectivity index (χ4v) is 3.72. The SMILES string of the molecule is N#Cc1ccc2ccc(C(=O)NC3CC4CNC3C4)cc2c1. The van der Waals surface area contributed by atoms with Crippen LogP contribution < -0.4 is 10.6 Å². The minimum Gasteiger partial charge on any atom is -0.348 e. The Bertz CT molecular complexity index is 793. The number of piperidine rings is 1. The van der Waals surface area contributed by atoms with Crippen molar-refractivity contribution in [2.45, 2.75) is 24.9 Å². The minimum atomic E-state index is -0.0244. The molecule has 1 heterocycles. The summed E-state index contributed by atoms with van der Waals surface area (Å²) in [4.78, 5) is 12.5. The van der Waals surface area contributed by atoms with E-state index in [2.05, 4.69) is 16.7 Å². The average Bonchev–Trinajstić information content (AvgIpc) is 3.16. The third-order valence-corrected chi connectivity index (χ3v) is 4.88. The standard InChI is InChI=1S/C18H17N3O/c19-9-11-1-2-13-3-4-14(8-15(13)5-11)18(22)21-17-7-12-6-16(17)20-10-12/h1-5,8,12,16-17,20H,6-7,10H2,(H,21,22). The van der Waals surface area contributed by atoms with Crippen molar-refractivity contribution >= 4 is 16.7 Å². The maximum absolute atomic E-state index is 12.5. The van der Waals surface area contributed by atoms with Gasteiger partial charge in [-0.15, -0.1) is 0 Å². The third-order valence-electron chi connectivity index (χ3n) is 4.88. The van der Waals surface area contributed by atoms with Gasteiger partial charge in [-0.3, -0.25) is 4.79 Å². The van der Waals surface area contributed by atoms with Crippen molar-refractivity contribution in [2.75, 3.05) is 6.54 Å². The highest BCUT2D eigenvalue weighted by molar-refractivity contribution is 5.99. The van der Waals surface area contributed by atoms with Crippen LogP contribution in [-0.4, -0.2) is 24.5 Å². The predicted octanol–water partition coefficient (Wildman–Crippen LogP) is 2.19. The lowest BCUT2D eigenvalue weighted by molar-refractivity contribution is 0.0928. The lowest BCUT2D eigenvalue weighted by atomic mass is 10.0. The summed E-state index contributed by atoms with van der Waals surface area (Å²) < 4.78 is 0. The molecule has 3 atom stereocenters. The number of amides is 1. The zero-order valence-electron chi connectivity index (χ0n) is 12.2. The van der Waals surface area contributed by atoms with Gasteiger partial charge in [0.05, 0.1) is 11.6 Å². The Morgan fingerprint density at radius 2 is 2.05 bits per heavy atom. The van der Waals surface area contributed by atoms with E-state index in [1.807, 2.05) is 30.3 Å². The number of nitrogens with one attached hydrogen (secondary N) is 2. The van der Waals surface area contributed by atoms with E-state index >= 15 is 0 Å². The molecule has 1 aliphatic carbocycles. The van der Waals surface area contributed by atoms with Gasteiger partial charge in [-0.1, -0.05) is 12.1 Å². The molecule has 4 heteroatoms. The maximum Gasteiger partial charge on any atom is 0.251 e. The number of nitriles is 1. The maximum atomic E-state index is 12.5. The first-order chi connectivity index (χ1) is 10.7. The fourth-order valence-electron chi connectivity index (χ4n) is 3.72. The summed E-state index contributed by atoms with van der Waals surface area (Å²) in [6, 6.07) is 14.0. The van der Waals surface area contributed by atoms with Gasteiger partial charge in [-0.05, 0) is 60.3 Å². The molecule has 4 nitrogen and oxygen atoms in total. The molecular formula is C18H17N3O. The molecule has 0 radical (unpaired) electrons. The number of carbonyl (C=O) groups excluding carboxylic acids is 1. The van der Waals surface area contributed by atoms with Crippen LogP contribution in [0.1, 0.15) is 28.8 Å². The Morgan fingerprint density at radius 1 is 1.18 bits per heavy atom. The van der Waals surface area contributed by atoms with E-state index < -0.39 is 0 Å². The Kier molecular flexibility index (Phi) is 3.09. The third kappa shape index (κ3) is 2.24. The summed E-state index contributed by atoms with van der Waals surface area (Å²) in [6.45, 7) is 1.09. The molecule has 2 aromatic carbocycles. The molecule has 0 spiro atoms. The van der Waals surface area contributed by atoms with Crippen LogP contribution in [0.25, 0.3) is 10.8 Å². The molecule has 4 rings (SSSR count). The van der Waals surface area contributed by atoms with Crippen LogP contribution in [0, 0.1) is 17.2 Å². The van der Waals surface area contributed by atoms with Gasteiger partial charge in [0.25, 0.3) is 5.91 Å². The van der Waals surface area contributed by atoms with Gasteiger partial charge in [0.1, 0.15) is 0 Å². The largest absolute Gasteiger partial charge is 0.348 e. The molecule has 2 aromatic rings. The van der Waals surface area contributed by atoms with Crippen LogP contribution in [-0.2, 0) is 0 Å². The van der Waals surface area contributed by atoms with E-state index in [0.29, 0.717) is 23.1 Å². The molecular weight excluding hydrogens is 274 g/mol.